The molecule has 1 unspecified atom stereocenters. The molecule has 2 heterocycles. The molecule has 0 amide bonds. The van der Waals surface area contributed by atoms with Gasteiger partial charge in [-0.05, 0) is 45.9 Å². The molecule has 0 spiro atoms. The summed E-state index contributed by atoms with van der Waals surface area (Å²) in [6.07, 6.45) is 0.599. The molecular weight excluding hydrogens is 244 g/mol. The topological polar surface area (TPSA) is 38.0 Å². The zero-order valence-electron chi connectivity index (χ0n) is 11.4. The molecule has 0 bridgehead atoms. The summed E-state index contributed by atoms with van der Waals surface area (Å²) in [6, 6.07) is 6.12. The first-order valence-corrected chi connectivity index (χ1v) is 7.06. The average molecular weight is 264 g/mol. The number of aryl methyl sites for hydroxylation is 3. The Balaban J connectivity index is 2.26. The van der Waals surface area contributed by atoms with Gasteiger partial charge in [0.1, 0.15) is 5.60 Å². The normalized spacial score (nSPS) is 14.7. The maximum Gasteiger partial charge on any atom is 0.101 e. The molecule has 2 rings (SSSR count). The Bertz CT molecular complexity index is 540. The Hall–Kier alpha value is -1.13. The summed E-state index contributed by atoms with van der Waals surface area (Å²) in [6.45, 7) is 8.83. The fourth-order valence-corrected chi connectivity index (χ4v) is 3.09. The second-order valence-corrected chi connectivity index (χ2v) is 6.24. The van der Waals surface area contributed by atoms with Crippen LogP contribution in [0.3, 0.4) is 0 Å². The van der Waals surface area contributed by atoms with Crippen molar-refractivity contribution in [1.29, 1.82) is 0 Å². The monoisotopic (exact) mass is 264 g/mol. The number of thiophene rings is 1. The first kappa shape index (κ1) is 13.3. The van der Waals surface area contributed by atoms with Gasteiger partial charge in [0.15, 0.2) is 0 Å². The van der Waals surface area contributed by atoms with Crippen molar-refractivity contribution in [1.82, 2.24) is 9.78 Å². The molecule has 2 aromatic heterocycles. The number of nitrogens with zero attached hydrogens (tertiary/aromatic N) is 2. The number of hydrogen-bond acceptors (Lipinski definition) is 3. The van der Waals surface area contributed by atoms with E-state index in [2.05, 4.69) is 31.1 Å². The van der Waals surface area contributed by atoms with Crippen LogP contribution in [-0.4, -0.2) is 14.9 Å². The molecular formula is C14H20N2OS. The van der Waals surface area contributed by atoms with Gasteiger partial charge in [0.2, 0.25) is 0 Å². The van der Waals surface area contributed by atoms with Crippen molar-refractivity contribution < 1.29 is 5.11 Å². The first-order chi connectivity index (χ1) is 8.42. The highest BCUT2D eigenvalue weighted by atomic mass is 32.1. The van der Waals surface area contributed by atoms with E-state index in [0.717, 1.165) is 22.8 Å². The summed E-state index contributed by atoms with van der Waals surface area (Å²) >= 11 is 1.65. The molecule has 98 valence electrons. The van der Waals surface area contributed by atoms with Gasteiger partial charge >= 0.3 is 0 Å². The smallest absolute Gasteiger partial charge is 0.101 e. The Kier molecular flexibility index (Phi) is 3.59. The van der Waals surface area contributed by atoms with Gasteiger partial charge in [-0.2, -0.15) is 5.10 Å². The fourth-order valence-electron chi connectivity index (χ4n) is 2.18. The summed E-state index contributed by atoms with van der Waals surface area (Å²) in [5, 5.41) is 15.1. The third kappa shape index (κ3) is 2.65. The lowest BCUT2D eigenvalue weighted by molar-refractivity contribution is 0.0592. The van der Waals surface area contributed by atoms with Gasteiger partial charge in [0.05, 0.1) is 5.69 Å². The minimum Gasteiger partial charge on any atom is -0.384 e. The van der Waals surface area contributed by atoms with E-state index < -0.39 is 5.60 Å². The van der Waals surface area contributed by atoms with Crippen molar-refractivity contribution in [2.24, 2.45) is 0 Å². The van der Waals surface area contributed by atoms with Crippen LogP contribution in [0.2, 0.25) is 0 Å². The van der Waals surface area contributed by atoms with Crippen molar-refractivity contribution in [3.8, 4) is 0 Å². The van der Waals surface area contributed by atoms with Crippen LogP contribution >= 0.6 is 11.3 Å². The number of rotatable bonds is 4. The van der Waals surface area contributed by atoms with Gasteiger partial charge in [-0.1, -0.05) is 0 Å². The number of aliphatic hydroxyl groups is 1. The molecule has 2 aromatic rings. The highest BCUT2D eigenvalue weighted by Crippen LogP contribution is 2.31. The van der Waals surface area contributed by atoms with Crippen molar-refractivity contribution in [3.05, 3.63) is 39.3 Å². The summed E-state index contributed by atoms with van der Waals surface area (Å²) < 4.78 is 1.96. The van der Waals surface area contributed by atoms with Crippen LogP contribution in [0.5, 0.6) is 0 Å². The standard InChI is InChI=1S/C14H20N2OS/c1-5-16-12(8-10(2)15-16)9-14(4,17)13-7-6-11(3)18-13/h6-8,17H,5,9H2,1-4H3. The molecule has 0 saturated heterocycles. The SMILES string of the molecule is CCn1nc(C)cc1CC(C)(O)c1ccc(C)s1. The largest absolute Gasteiger partial charge is 0.384 e. The predicted molar refractivity (Wildman–Crippen MR) is 75.0 cm³/mol. The van der Waals surface area contributed by atoms with E-state index in [0.29, 0.717) is 6.42 Å². The lowest BCUT2D eigenvalue weighted by Gasteiger charge is -2.22. The van der Waals surface area contributed by atoms with Gasteiger partial charge in [-0.3, -0.25) is 4.68 Å². The Morgan fingerprint density at radius 2 is 2.11 bits per heavy atom. The Labute approximate surface area is 112 Å². The van der Waals surface area contributed by atoms with Crippen LogP contribution < -0.4 is 0 Å². The zero-order valence-corrected chi connectivity index (χ0v) is 12.2. The maximum atomic E-state index is 10.7. The summed E-state index contributed by atoms with van der Waals surface area (Å²) in [4.78, 5) is 2.24. The minimum atomic E-state index is -0.821. The van der Waals surface area contributed by atoms with Gasteiger partial charge < -0.3 is 5.11 Å². The number of aromatic nitrogens is 2. The molecule has 0 aliphatic rings. The third-order valence-corrected chi connectivity index (χ3v) is 4.34. The second kappa shape index (κ2) is 4.86. The highest BCUT2D eigenvalue weighted by molar-refractivity contribution is 7.12. The molecule has 0 aliphatic carbocycles. The van der Waals surface area contributed by atoms with Crippen LogP contribution in [-0.2, 0) is 18.6 Å². The zero-order chi connectivity index (χ0) is 13.3. The van der Waals surface area contributed by atoms with E-state index in [1.54, 1.807) is 11.3 Å². The van der Waals surface area contributed by atoms with Gasteiger partial charge in [0.25, 0.3) is 0 Å². The molecule has 3 nitrogen and oxygen atoms in total. The van der Waals surface area contributed by atoms with Crippen LogP contribution in [0.4, 0.5) is 0 Å². The maximum absolute atomic E-state index is 10.7. The summed E-state index contributed by atoms with van der Waals surface area (Å²) in [5.74, 6) is 0. The number of hydrogen-bond donors (Lipinski definition) is 1. The van der Waals surface area contributed by atoms with Gasteiger partial charge in [0, 0.05) is 28.4 Å². The quantitative estimate of drug-likeness (QED) is 0.921. The van der Waals surface area contributed by atoms with E-state index in [-0.39, 0.29) is 0 Å². The molecule has 0 aliphatic heterocycles. The van der Waals surface area contributed by atoms with Gasteiger partial charge in [-0.25, -0.2) is 0 Å². The van der Waals surface area contributed by atoms with E-state index in [9.17, 15) is 5.11 Å². The molecule has 1 atom stereocenters. The average Bonchev–Trinajstić information content (AvgIpc) is 2.84. The van der Waals surface area contributed by atoms with Crippen molar-refractivity contribution in [2.75, 3.05) is 0 Å². The van der Waals surface area contributed by atoms with Gasteiger partial charge in [-0.15, -0.1) is 11.3 Å². The first-order valence-electron chi connectivity index (χ1n) is 6.25. The lowest BCUT2D eigenvalue weighted by Crippen LogP contribution is -2.24. The van der Waals surface area contributed by atoms with Crippen LogP contribution in [0.25, 0.3) is 0 Å². The summed E-state index contributed by atoms with van der Waals surface area (Å²) in [7, 11) is 0. The second-order valence-electron chi connectivity index (χ2n) is 4.95. The molecule has 0 saturated carbocycles. The lowest BCUT2D eigenvalue weighted by atomic mass is 9.98. The van der Waals surface area contributed by atoms with E-state index in [1.165, 1.54) is 4.88 Å². The predicted octanol–water partition coefficient (Wildman–Crippen LogP) is 3.03. The van der Waals surface area contributed by atoms with Crippen LogP contribution in [0.1, 0.15) is 35.0 Å². The Morgan fingerprint density at radius 3 is 2.67 bits per heavy atom. The fraction of sp³-hybridized carbons (Fsp3) is 0.500. The van der Waals surface area contributed by atoms with Crippen molar-refractivity contribution >= 4 is 11.3 Å². The van der Waals surface area contributed by atoms with Crippen molar-refractivity contribution in [2.45, 2.75) is 46.3 Å². The van der Waals surface area contributed by atoms with Crippen LogP contribution in [0, 0.1) is 13.8 Å². The summed E-state index contributed by atoms with van der Waals surface area (Å²) in [5.41, 5.74) is 1.27. The molecule has 4 heteroatoms. The van der Waals surface area contributed by atoms with E-state index >= 15 is 0 Å². The molecule has 18 heavy (non-hydrogen) atoms. The van der Waals surface area contributed by atoms with Crippen LogP contribution in [0.15, 0.2) is 18.2 Å². The van der Waals surface area contributed by atoms with E-state index in [1.807, 2.05) is 24.6 Å². The minimum absolute atomic E-state index is 0.599. The molecule has 0 fully saturated rings. The van der Waals surface area contributed by atoms with Crippen molar-refractivity contribution in [3.63, 3.8) is 0 Å². The third-order valence-electron chi connectivity index (χ3n) is 3.08. The van der Waals surface area contributed by atoms with E-state index in [4.69, 9.17) is 0 Å². The molecule has 0 aromatic carbocycles. The molecule has 0 radical (unpaired) electrons. The highest BCUT2D eigenvalue weighted by Gasteiger charge is 2.27. The Morgan fingerprint density at radius 1 is 1.39 bits per heavy atom. The molecule has 1 N–H and O–H groups in total.